The van der Waals surface area contributed by atoms with Crippen molar-refractivity contribution >= 4 is 5.97 Å². The standard InChI is InChI=1S/C14H19NO2.C10H15N/c1-17-14(16)13(11-7-3-2-4-8-11)12-9-5-6-10-15-12;1-9(11-2)8-10-6-4-3-5-7-10/h2-4,7-8,12-13,15H,5-6,9-10H2,1H3;3-7,9,11H,8H2,1-2H3/t;9-/m.0/s1. The number of rotatable bonds is 6. The van der Waals surface area contributed by atoms with Crippen LogP contribution >= 0.6 is 0 Å². The van der Waals surface area contributed by atoms with Gasteiger partial charge in [0, 0.05) is 12.1 Å². The number of methoxy groups -OCH3 is 1. The lowest BCUT2D eigenvalue weighted by atomic mass is 9.86. The molecule has 0 aliphatic carbocycles. The van der Waals surface area contributed by atoms with E-state index in [0.29, 0.717) is 6.04 Å². The van der Waals surface area contributed by atoms with Crippen molar-refractivity contribution in [1.82, 2.24) is 10.6 Å². The number of likely N-dealkylation sites (N-methyl/N-ethyl adjacent to an activating group) is 1. The van der Waals surface area contributed by atoms with E-state index in [9.17, 15) is 4.79 Å². The second-order valence-corrected chi connectivity index (χ2v) is 7.35. The molecule has 1 saturated heterocycles. The van der Waals surface area contributed by atoms with Crippen LogP contribution in [0.3, 0.4) is 0 Å². The second-order valence-electron chi connectivity index (χ2n) is 7.35. The molecular formula is C24H34N2O2. The van der Waals surface area contributed by atoms with Crippen molar-refractivity contribution in [3.63, 3.8) is 0 Å². The molecule has 2 unspecified atom stereocenters. The van der Waals surface area contributed by atoms with Crippen molar-refractivity contribution < 1.29 is 9.53 Å². The van der Waals surface area contributed by atoms with Crippen LogP contribution in [0.4, 0.5) is 0 Å². The summed E-state index contributed by atoms with van der Waals surface area (Å²) in [7, 11) is 3.45. The van der Waals surface area contributed by atoms with Crippen molar-refractivity contribution in [3.05, 3.63) is 71.8 Å². The number of hydrogen-bond donors (Lipinski definition) is 2. The molecule has 3 atom stereocenters. The Morgan fingerprint density at radius 2 is 1.75 bits per heavy atom. The fourth-order valence-corrected chi connectivity index (χ4v) is 3.55. The summed E-state index contributed by atoms with van der Waals surface area (Å²) in [6, 6.07) is 21.2. The highest BCUT2D eigenvalue weighted by molar-refractivity contribution is 5.79. The van der Waals surface area contributed by atoms with E-state index >= 15 is 0 Å². The predicted molar refractivity (Wildman–Crippen MR) is 116 cm³/mol. The number of benzene rings is 2. The highest BCUT2D eigenvalue weighted by Crippen LogP contribution is 2.26. The lowest BCUT2D eigenvalue weighted by molar-refractivity contribution is -0.143. The van der Waals surface area contributed by atoms with E-state index in [1.54, 1.807) is 0 Å². The van der Waals surface area contributed by atoms with E-state index in [1.165, 1.54) is 25.5 Å². The van der Waals surface area contributed by atoms with E-state index in [0.717, 1.165) is 24.9 Å². The topological polar surface area (TPSA) is 50.4 Å². The normalized spacial score (nSPS) is 18.3. The molecule has 4 heteroatoms. The minimum Gasteiger partial charge on any atom is -0.469 e. The predicted octanol–water partition coefficient (Wildman–Crippen LogP) is 3.92. The fraction of sp³-hybridized carbons (Fsp3) is 0.458. The van der Waals surface area contributed by atoms with Gasteiger partial charge in [-0.2, -0.15) is 0 Å². The van der Waals surface area contributed by atoms with Gasteiger partial charge in [-0.15, -0.1) is 0 Å². The van der Waals surface area contributed by atoms with Gasteiger partial charge in [-0.1, -0.05) is 67.1 Å². The molecule has 0 bridgehead atoms. The van der Waals surface area contributed by atoms with Crippen molar-refractivity contribution in [1.29, 1.82) is 0 Å². The van der Waals surface area contributed by atoms with Crippen LogP contribution in [0.15, 0.2) is 60.7 Å². The first-order valence-electron chi connectivity index (χ1n) is 10.2. The number of nitrogens with one attached hydrogen (secondary N) is 2. The Balaban J connectivity index is 0.000000221. The molecule has 0 saturated carbocycles. The van der Waals surface area contributed by atoms with Crippen LogP contribution in [0.2, 0.25) is 0 Å². The van der Waals surface area contributed by atoms with Crippen molar-refractivity contribution in [2.75, 3.05) is 20.7 Å². The van der Waals surface area contributed by atoms with Crippen LogP contribution in [0.25, 0.3) is 0 Å². The molecule has 0 radical (unpaired) electrons. The maximum Gasteiger partial charge on any atom is 0.314 e. The van der Waals surface area contributed by atoms with Gasteiger partial charge in [0.1, 0.15) is 0 Å². The van der Waals surface area contributed by atoms with Crippen LogP contribution in [-0.4, -0.2) is 38.8 Å². The van der Waals surface area contributed by atoms with Crippen LogP contribution in [0.5, 0.6) is 0 Å². The molecule has 0 aromatic heterocycles. The van der Waals surface area contributed by atoms with Gasteiger partial charge in [0.15, 0.2) is 0 Å². The summed E-state index contributed by atoms with van der Waals surface area (Å²) in [5.41, 5.74) is 2.44. The second kappa shape index (κ2) is 12.3. The highest BCUT2D eigenvalue weighted by Gasteiger charge is 2.31. The van der Waals surface area contributed by atoms with E-state index in [-0.39, 0.29) is 17.9 Å². The van der Waals surface area contributed by atoms with Gasteiger partial charge in [-0.05, 0) is 50.9 Å². The summed E-state index contributed by atoms with van der Waals surface area (Å²) in [5, 5.41) is 6.65. The number of carbonyl (C=O) groups is 1. The molecule has 0 spiro atoms. The molecule has 152 valence electrons. The summed E-state index contributed by atoms with van der Waals surface area (Å²) >= 11 is 0. The number of piperidine rings is 1. The molecule has 0 amide bonds. The summed E-state index contributed by atoms with van der Waals surface area (Å²) < 4.78 is 4.94. The largest absolute Gasteiger partial charge is 0.469 e. The van der Waals surface area contributed by atoms with Crippen LogP contribution < -0.4 is 10.6 Å². The van der Waals surface area contributed by atoms with Crippen molar-refractivity contribution in [3.8, 4) is 0 Å². The Hall–Kier alpha value is -2.17. The Kier molecular flexibility index (Phi) is 9.73. The van der Waals surface area contributed by atoms with Gasteiger partial charge in [0.25, 0.3) is 0 Å². The van der Waals surface area contributed by atoms with E-state index in [1.807, 2.05) is 43.4 Å². The molecule has 3 rings (SSSR count). The summed E-state index contributed by atoms with van der Waals surface area (Å²) in [4.78, 5) is 11.9. The molecule has 2 N–H and O–H groups in total. The smallest absolute Gasteiger partial charge is 0.314 e. The van der Waals surface area contributed by atoms with E-state index in [2.05, 4.69) is 41.8 Å². The number of hydrogen-bond acceptors (Lipinski definition) is 4. The fourth-order valence-electron chi connectivity index (χ4n) is 3.55. The summed E-state index contributed by atoms with van der Waals surface area (Å²) in [6.45, 7) is 3.18. The first kappa shape index (κ1) is 22.1. The van der Waals surface area contributed by atoms with Gasteiger partial charge in [-0.3, -0.25) is 4.79 Å². The zero-order valence-corrected chi connectivity index (χ0v) is 17.4. The lowest BCUT2D eigenvalue weighted by Crippen LogP contribution is -2.42. The van der Waals surface area contributed by atoms with Gasteiger partial charge in [-0.25, -0.2) is 0 Å². The van der Waals surface area contributed by atoms with Gasteiger partial charge in [0.05, 0.1) is 13.0 Å². The maximum absolute atomic E-state index is 11.9. The molecule has 4 nitrogen and oxygen atoms in total. The average Bonchev–Trinajstić information content (AvgIpc) is 2.76. The minimum atomic E-state index is -0.179. The Labute approximate surface area is 169 Å². The van der Waals surface area contributed by atoms with Crippen LogP contribution in [-0.2, 0) is 16.0 Å². The molecular weight excluding hydrogens is 348 g/mol. The quantitative estimate of drug-likeness (QED) is 0.744. The van der Waals surface area contributed by atoms with Gasteiger partial charge < -0.3 is 15.4 Å². The minimum absolute atomic E-state index is 0.143. The van der Waals surface area contributed by atoms with E-state index < -0.39 is 0 Å². The Morgan fingerprint density at radius 1 is 1.11 bits per heavy atom. The Bertz CT molecular complexity index is 670. The van der Waals surface area contributed by atoms with Crippen LogP contribution in [0, 0.1) is 0 Å². The Morgan fingerprint density at radius 3 is 2.29 bits per heavy atom. The van der Waals surface area contributed by atoms with Crippen LogP contribution in [0.1, 0.15) is 43.2 Å². The zero-order chi connectivity index (χ0) is 20.2. The van der Waals surface area contributed by atoms with E-state index in [4.69, 9.17) is 4.74 Å². The molecule has 1 heterocycles. The third kappa shape index (κ3) is 7.10. The SMILES string of the molecule is CN[C@@H](C)Cc1ccccc1.COC(=O)C(c1ccccc1)C1CCCCN1. The molecule has 28 heavy (non-hydrogen) atoms. The monoisotopic (exact) mass is 382 g/mol. The lowest BCUT2D eigenvalue weighted by Gasteiger charge is -2.29. The first-order valence-corrected chi connectivity index (χ1v) is 10.2. The third-order valence-electron chi connectivity index (χ3n) is 5.24. The first-order chi connectivity index (χ1) is 13.7. The summed E-state index contributed by atoms with van der Waals surface area (Å²) in [6.07, 6.45) is 4.52. The average molecular weight is 383 g/mol. The third-order valence-corrected chi connectivity index (χ3v) is 5.24. The maximum atomic E-state index is 11.9. The summed E-state index contributed by atoms with van der Waals surface area (Å²) in [5.74, 6) is -0.322. The zero-order valence-electron chi connectivity index (χ0n) is 17.4. The highest BCUT2D eigenvalue weighted by atomic mass is 16.5. The van der Waals surface area contributed by atoms with Gasteiger partial charge in [0.2, 0.25) is 0 Å². The number of carbonyl (C=O) groups excluding carboxylic acids is 1. The molecule has 2 aromatic carbocycles. The molecule has 2 aromatic rings. The van der Waals surface area contributed by atoms with Crippen molar-refractivity contribution in [2.24, 2.45) is 0 Å². The van der Waals surface area contributed by atoms with Gasteiger partial charge >= 0.3 is 5.97 Å². The molecule has 1 aliphatic heterocycles. The molecule has 1 fully saturated rings. The number of esters is 1. The molecule has 1 aliphatic rings. The van der Waals surface area contributed by atoms with Crippen molar-refractivity contribution in [2.45, 2.75) is 50.6 Å². The number of ether oxygens (including phenoxy) is 1.